The number of fused-ring (bicyclic) bond motifs is 1. The zero-order valence-electron chi connectivity index (χ0n) is 9.12. The van der Waals surface area contributed by atoms with Gasteiger partial charge in [-0.05, 0) is 0 Å². The van der Waals surface area contributed by atoms with Gasteiger partial charge in [0.2, 0.25) is 0 Å². The van der Waals surface area contributed by atoms with Gasteiger partial charge < -0.3 is 9.05 Å². The highest BCUT2D eigenvalue weighted by Gasteiger charge is 2.29. The Kier molecular flexibility index (Phi) is 2.75. The molecular weight excluding hydrogens is 231 g/mol. The van der Waals surface area contributed by atoms with E-state index in [0.29, 0.717) is 16.3 Å². The molecule has 2 aromatic rings. The van der Waals surface area contributed by atoms with Gasteiger partial charge in [-0.25, -0.2) is 0 Å². The number of rotatable bonds is 3. The summed E-state index contributed by atoms with van der Waals surface area (Å²) < 4.78 is 23.7. The van der Waals surface area contributed by atoms with Crippen LogP contribution in [0.25, 0.3) is 11.0 Å². The topological polar surface area (TPSA) is 79.1 Å². The van der Waals surface area contributed by atoms with Crippen LogP contribution in [-0.2, 0) is 20.7 Å². The van der Waals surface area contributed by atoms with Crippen molar-refractivity contribution in [2.75, 3.05) is 14.2 Å². The minimum absolute atomic E-state index is 0.363. The molecule has 0 bridgehead atoms. The van der Waals surface area contributed by atoms with Crippen LogP contribution in [0, 0.1) is 0 Å². The molecule has 86 valence electrons. The van der Waals surface area contributed by atoms with Crippen LogP contribution < -0.4 is 5.30 Å². The third kappa shape index (κ3) is 1.53. The van der Waals surface area contributed by atoms with Crippen molar-refractivity contribution in [1.82, 2.24) is 20.0 Å². The molecule has 0 fully saturated rings. The van der Waals surface area contributed by atoms with Crippen molar-refractivity contribution in [2.24, 2.45) is 7.05 Å². The van der Waals surface area contributed by atoms with Crippen molar-refractivity contribution < 1.29 is 13.6 Å². The minimum atomic E-state index is -3.34. The lowest BCUT2D eigenvalue weighted by Crippen LogP contribution is -2.13. The van der Waals surface area contributed by atoms with Crippen LogP contribution >= 0.6 is 7.60 Å². The van der Waals surface area contributed by atoms with E-state index in [0.717, 1.165) is 0 Å². The summed E-state index contributed by atoms with van der Waals surface area (Å²) in [6.45, 7) is 0. The second kappa shape index (κ2) is 3.93. The van der Waals surface area contributed by atoms with Crippen LogP contribution in [0.15, 0.2) is 12.4 Å². The maximum absolute atomic E-state index is 12.3. The molecule has 0 amide bonds. The van der Waals surface area contributed by atoms with Gasteiger partial charge in [-0.2, -0.15) is 10.2 Å². The predicted molar refractivity (Wildman–Crippen MR) is 57.6 cm³/mol. The average Bonchev–Trinajstić information content (AvgIpc) is 2.70. The van der Waals surface area contributed by atoms with Gasteiger partial charge in [-0.15, -0.1) is 5.10 Å². The summed E-state index contributed by atoms with van der Waals surface area (Å²) in [5, 5.41) is 12.0. The molecule has 0 aliphatic rings. The fourth-order valence-corrected chi connectivity index (χ4v) is 2.73. The predicted octanol–water partition coefficient (Wildman–Crippen LogP) is 0.474. The molecular formula is C8H11N4O3P. The molecule has 8 heteroatoms. The Balaban J connectivity index is 2.78. The molecule has 0 radical (unpaired) electrons. The lowest BCUT2D eigenvalue weighted by molar-refractivity contribution is 0.287. The highest BCUT2D eigenvalue weighted by molar-refractivity contribution is 7.62. The summed E-state index contributed by atoms with van der Waals surface area (Å²) in [4.78, 5) is 0. The zero-order chi connectivity index (χ0) is 11.8. The molecule has 0 saturated carbocycles. The molecule has 7 nitrogen and oxygen atoms in total. The molecule has 2 rings (SSSR count). The van der Waals surface area contributed by atoms with Crippen LogP contribution in [0.4, 0.5) is 0 Å². The van der Waals surface area contributed by atoms with E-state index in [1.807, 2.05) is 0 Å². The van der Waals surface area contributed by atoms with Crippen LogP contribution in [0.3, 0.4) is 0 Å². The van der Waals surface area contributed by atoms with Crippen molar-refractivity contribution in [2.45, 2.75) is 0 Å². The first-order valence-electron chi connectivity index (χ1n) is 4.48. The first-order valence-corrected chi connectivity index (χ1v) is 6.02. The molecule has 0 aromatic carbocycles. The SMILES string of the molecule is COP(=O)(OC)c1cnnc2cnn(C)c12. The highest BCUT2D eigenvalue weighted by Crippen LogP contribution is 2.46. The van der Waals surface area contributed by atoms with E-state index in [-0.39, 0.29) is 0 Å². The summed E-state index contributed by atoms with van der Waals surface area (Å²) in [6.07, 6.45) is 2.92. The van der Waals surface area contributed by atoms with Crippen LogP contribution in [-0.4, -0.2) is 34.2 Å². The molecule has 0 atom stereocenters. The normalized spacial score (nSPS) is 12.2. The molecule has 0 saturated heterocycles. The Bertz CT molecular complexity index is 559. The fraction of sp³-hybridized carbons (Fsp3) is 0.375. The summed E-state index contributed by atoms with van der Waals surface area (Å²) in [6, 6.07) is 0. The van der Waals surface area contributed by atoms with E-state index in [4.69, 9.17) is 9.05 Å². The zero-order valence-corrected chi connectivity index (χ0v) is 10.0. The van der Waals surface area contributed by atoms with Crippen molar-refractivity contribution in [3.05, 3.63) is 12.4 Å². The highest BCUT2D eigenvalue weighted by atomic mass is 31.2. The number of nitrogens with zero attached hydrogens (tertiary/aromatic N) is 4. The van der Waals surface area contributed by atoms with Crippen molar-refractivity contribution >= 4 is 23.9 Å². The van der Waals surface area contributed by atoms with Gasteiger partial charge >= 0.3 is 7.60 Å². The maximum Gasteiger partial charge on any atom is 0.364 e. The van der Waals surface area contributed by atoms with E-state index < -0.39 is 7.60 Å². The van der Waals surface area contributed by atoms with Gasteiger partial charge in [-0.3, -0.25) is 9.25 Å². The fourth-order valence-electron chi connectivity index (χ4n) is 1.47. The first kappa shape index (κ1) is 11.2. The molecule has 0 aliphatic carbocycles. The third-order valence-electron chi connectivity index (χ3n) is 2.28. The van der Waals surface area contributed by atoms with Crippen LogP contribution in [0.2, 0.25) is 0 Å². The standard InChI is InChI=1S/C8H11N4O3P/c1-12-8-6(4-10-12)11-9-5-7(8)16(13,14-2)15-3/h4-5H,1-3H3. The summed E-state index contributed by atoms with van der Waals surface area (Å²) >= 11 is 0. The van der Waals surface area contributed by atoms with E-state index in [2.05, 4.69) is 15.3 Å². The van der Waals surface area contributed by atoms with Gasteiger partial charge in [0.1, 0.15) is 16.3 Å². The van der Waals surface area contributed by atoms with Gasteiger partial charge in [0.15, 0.2) is 0 Å². The molecule has 0 spiro atoms. The summed E-state index contributed by atoms with van der Waals surface area (Å²) in [5.74, 6) is 0. The number of aromatic nitrogens is 4. The van der Waals surface area contributed by atoms with Crippen LogP contribution in [0.5, 0.6) is 0 Å². The Morgan fingerprint density at radius 2 is 2.00 bits per heavy atom. The van der Waals surface area contributed by atoms with Crippen molar-refractivity contribution in [3.63, 3.8) is 0 Å². The smallest absolute Gasteiger partial charge is 0.308 e. The van der Waals surface area contributed by atoms with Crippen LogP contribution in [0.1, 0.15) is 0 Å². The Hall–Kier alpha value is -1.30. The monoisotopic (exact) mass is 242 g/mol. The number of aryl methyl sites for hydroxylation is 1. The largest absolute Gasteiger partial charge is 0.364 e. The second-order valence-corrected chi connectivity index (χ2v) is 5.30. The second-order valence-electron chi connectivity index (χ2n) is 3.09. The Morgan fingerprint density at radius 3 is 2.62 bits per heavy atom. The van der Waals surface area contributed by atoms with Gasteiger partial charge in [0.05, 0.1) is 12.4 Å². The number of hydrogen-bond acceptors (Lipinski definition) is 6. The molecule has 0 N–H and O–H groups in total. The van der Waals surface area contributed by atoms with E-state index in [1.54, 1.807) is 17.9 Å². The van der Waals surface area contributed by atoms with Gasteiger partial charge in [-0.1, -0.05) is 0 Å². The molecule has 2 aromatic heterocycles. The quantitative estimate of drug-likeness (QED) is 0.728. The summed E-state index contributed by atoms with van der Waals surface area (Å²) in [7, 11) is 1.04. The van der Waals surface area contributed by atoms with E-state index in [1.165, 1.54) is 20.4 Å². The third-order valence-corrected chi connectivity index (χ3v) is 4.16. The average molecular weight is 242 g/mol. The van der Waals surface area contributed by atoms with Gasteiger partial charge in [0, 0.05) is 21.3 Å². The molecule has 0 unspecified atom stereocenters. The van der Waals surface area contributed by atoms with Crippen molar-refractivity contribution in [3.8, 4) is 0 Å². The molecule has 0 aliphatic heterocycles. The van der Waals surface area contributed by atoms with E-state index >= 15 is 0 Å². The van der Waals surface area contributed by atoms with Crippen molar-refractivity contribution in [1.29, 1.82) is 0 Å². The number of hydrogen-bond donors (Lipinski definition) is 0. The lowest BCUT2D eigenvalue weighted by atomic mass is 10.4. The van der Waals surface area contributed by atoms with Gasteiger partial charge in [0.25, 0.3) is 0 Å². The minimum Gasteiger partial charge on any atom is -0.308 e. The first-order chi connectivity index (χ1) is 7.62. The Morgan fingerprint density at radius 1 is 1.31 bits per heavy atom. The summed E-state index contributed by atoms with van der Waals surface area (Å²) in [5.41, 5.74) is 1.15. The molecule has 2 heterocycles. The maximum atomic E-state index is 12.3. The molecule has 16 heavy (non-hydrogen) atoms. The Labute approximate surface area is 91.9 Å². The van der Waals surface area contributed by atoms with E-state index in [9.17, 15) is 4.57 Å². The lowest BCUT2D eigenvalue weighted by Gasteiger charge is -2.13.